The van der Waals surface area contributed by atoms with E-state index in [9.17, 15) is 0 Å². The van der Waals surface area contributed by atoms with E-state index in [1.54, 1.807) is 11.8 Å². The largest absolute Gasteiger partial charge is 0.371 e. The molecule has 0 fully saturated rings. The Kier molecular flexibility index (Phi) is 7.74. The van der Waals surface area contributed by atoms with Gasteiger partial charge in [-0.1, -0.05) is 11.8 Å². The van der Waals surface area contributed by atoms with Crippen molar-refractivity contribution in [3.05, 3.63) is 34.9 Å². The quantitative estimate of drug-likeness (QED) is 0.657. The third-order valence-corrected chi connectivity index (χ3v) is 5.67. The summed E-state index contributed by atoms with van der Waals surface area (Å²) in [6.07, 6.45) is 1.95. The average molecular weight is 363 g/mol. The first-order valence-corrected chi connectivity index (χ1v) is 9.67. The smallest absolute Gasteiger partial charge is 0.193 e. The van der Waals surface area contributed by atoms with Crippen LogP contribution in [0.3, 0.4) is 0 Å². The Labute approximate surface area is 155 Å². The van der Waals surface area contributed by atoms with Crippen LogP contribution in [0.15, 0.2) is 45.1 Å². The number of rotatable bonds is 9. The van der Waals surface area contributed by atoms with Gasteiger partial charge in [0.2, 0.25) is 0 Å². The van der Waals surface area contributed by atoms with E-state index in [0.717, 1.165) is 31.6 Å². The molecule has 0 spiro atoms. The topological polar surface area (TPSA) is 83.2 Å². The third kappa shape index (κ3) is 5.45. The molecule has 7 heteroatoms. The number of benzene rings is 1. The second kappa shape index (κ2) is 9.79. The lowest BCUT2D eigenvalue weighted by molar-refractivity contribution is 0.402. The molecule has 0 radical (unpaired) electrons. The molecule has 25 heavy (non-hydrogen) atoms. The Hall–Kier alpha value is -1.57. The summed E-state index contributed by atoms with van der Waals surface area (Å²) in [4.78, 5) is 5.79. The van der Waals surface area contributed by atoms with Crippen LogP contribution in [-0.4, -0.2) is 43.6 Å². The summed E-state index contributed by atoms with van der Waals surface area (Å²) < 4.78 is 0. The molecule has 138 valence electrons. The zero-order valence-corrected chi connectivity index (χ0v) is 16.3. The van der Waals surface area contributed by atoms with Crippen LogP contribution in [0.5, 0.6) is 0 Å². The van der Waals surface area contributed by atoms with Gasteiger partial charge < -0.3 is 21.3 Å². The molecular formula is C18H30N6S. The summed E-state index contributed by atoms with van der Waals surface area (Å²) in [6, 6.07) is 8.23. The highest BCUT2D eigenvalue weighted by molar-refractivity contribution is 8.03. The van der Waals surface area contributed by atoms with Gasteiger partial charge in [0.15, 0.2) is 5.50 Å². The number of thioether (sulfide) groups is 1. The van der Waals surface area contributed by atoms with Crippen molar-refractivity contribution in [2.45, 2.75) is 32.2 Å². The number of anilines is 1. The summed E-state index contributed by atoms with van der Waals surface area (Å²) >= 11 is 1.74. The van der Waals surface area contributed by atoms with E-state index in [4.69, 9.17) is 11.5 Å². The van der Waals surface area contributed by atoms with Crippen molar-refractivity contribution in [1.82, 2.24) is 4.90 Å². The van der Waals surface area contributed by atoms with Crippen molar-refractivity contribution in [2.24, 2.45) is 21.7 Å². The van der Waals surface area contributed by atoms with Crippen molar-refractivity contribution in [3.63, 3.8) is 0 Å². The van der Waals surface area contributed by atoms with Crippen LogP contribution in [0.25, 0.3) is 0 Å². The van der Waals surface area contributed by atoms with Crippen LogP contribution in [-0.2, 0) is 0 Å². The lowest BCUT2D eigenvalue weighted by Gasteiger charge is -2.24. The van der Waals surface area contributed by atoms with Gasteiger partial charge in [-0.3, -0.25) is 0 Å². The fourth-order valence-corrected chi connectivity index (χ4v) is 3.66. The van der Waals surface area contributed by atoms with E-state index in [-0.39, 0.29) is 5.50 Å². The summed E-state index contributed by atoms with van der Waals surface area (Å²) in [5, 5.41) is 8.88. The van der Waals surface area contributed by atoms with Crippen LogP contribution in [0.4, 0.5) is 11.4 Å². The highest BCUT2D eigenvalue weighted by Crippen LogP contribution is 2.37. The minimum atomic E-state index is 0.0327. The van der Waals surface area contributed by atoms with Gasteiger partial charge in [0.05, 0.1) is 5.69 Å². The van der Waals surface area contributed by atoms with Crippen LogP contribution >= 0.6 is 11.8 Å². The number of hydrogen-bond donors (Lipinski definition) is 2. The lowest BCUT2D eigenvalue weighted by atomic mass is 10.2. The molecule has 1 heterocycles. The highest BCUT2D eigenvalue weighted by Gasteiger charge is 2.24. The molecule has 0 saturated carbocycles. The van der Waals surface area contributed by atoms with Crippen LogP contribution < -0.4 is 16.4 Å². The summed E-state index contributed by atoms with van der Waals surface area (Å²) in [6.45, 7) is 7.54. The Morgan fingerprint density at radius 3 is 2.16 bits per heavy atom. The van der Waals surface area contributed by atoms with Gasteiger partial charge in [-0.25, -0.2) is 0 Å². The van der Waals surface area contributed by atoms with E-state index in [1.165, 1.54) is 16.3 Å². The molecule has 0 saturated heterocycles. The lowest BCUT2D eigenvalue weighted by Crippen LogP contribution is -2.28. The second-order valence-electron chi connectivity index (χ2n) is 6.20. The molecular weight excluding hydrogens is 332 g/mol. The van der Waals surface area contributed by atoms with Crippen molar-refractivity contribution >= 4 is 23.1 Å². The minimum absolute atomic E-state index is 0.0327. The Morgan fingerprint density at radius 2 is 1.68 bits per heavy atom. The van der Waals surface area contributed by atoms with Crippen molar-refractivity contribution in [1.29, 1.82) is 0 Å². The van der Waals surface area contributed by atoms with Gasteiger partial charge in [0.1, 0.15) is 0 Å². The predicted molar refractivity (Wildman–Crippen MR) is 108 cm³/mol. The van der Waals surface area contributed by atoms with Gasteiger partial charge in [-0.2, -0.15) is 10.2 Å². The van der Waals surface area contributed by atoms with Gasteiger partial charge in [-0.15, -0.1) is 0 Å². The van der Waals surface area contributed by atoms with Crippen molar-refractivity contribution < 1.29 is 0 Å². The maximum atomic E-state index is 5.65. The first kappa shape index (κ1) is 19.8. The van der Waals surface area contributed by atoms with Gasteiger partial charge in [-0.05, 0) is 64.0 Å². The fraction of sp³-hybridized carbons (Fsp3) is 0.556. The molecule has 0 aliphatic carbocycles. The van der Waals surface area contributed by atoms with Crippen molar-refractivity contribution in [2.75, 3.05) is 38.1 Å². The SMILES string of the molecule is CC1=C(C)N(C)C(N=Nc2ccc(N(CCCN)CCCN)cc2)S1. The van der Waals surface area contributed by atoms with Gasteiger partial charge in [0.25, 0.3) is 0 Å². The third-order valence-electron chi connectivity index (χ3n) is 4.40. The van der Waals surface area contributed by atoms with Crippen LogP contribution in [0.2, 0.25) is 0 Å². The molecule has 1 aliphatic rings. The van der Waals surface area contributed by atoms with Gasteiger partial charge in [0, 0.05) is 36.4 Å². The van der Waals surface area contributed by atoms with E-state index in [2.05, 4.69) is 53.1 Å². The first-order chi connectivity index (χ1) is 12.1. The Morgan fingerprint density at radius 1 is 1.08 bits per heavy atom. The Bertz CT molecular complexity index is 590. The highest BCUT2D eigenvalue weighted by atomic mass is 32.2. The standard InChI is InChI=1S/C18H30N6S/c1-14-15(2)25-18(23(14)3)22-21-16-6-8-17(9-7-16)24(12-4-10-19)13-5-11-20/h6-9,18H,4-5,10-13,19-20H2,1-3H3. The monoisotopic (exact) mass is 362 g/mol. The van der Waals surface area contributed by atoms with E-state index in [1.807, 2.05) is 12.1 Å². The van der Waals surface area contributed by atoms with Crippen LogP contribution in [0, 0.1) is 0 Å². The molecule has 2 rings (SSSR count). The molecule has 0 bridgehead atoms. The summed E-state index contributed by atoms with van der Waals surface area (Å²) in [5.74, 6) is 0. The molecule has 1 atom stereocenters. The minimum Gasteiger partial charge on any atom is -0.371 e. The number of nitrogens with zero attached hydrogens (tertiary/aromatic N) is 4. The maximum absolute atomic E-state index is 5.65. The molecule has 6 nitrogen and oxygen atoms in total. The molecule has 1 unspecified atom stereocenters. The molecule has 1 aliphatic heterocycles. The molecule has 0 aromatic heterocycles. The molecule has 0 amide bonds. The number of nitrogens with two attached hydrogens (primary N) is 2. The first-order valence-electron chi connectivity index (χ1n) is 8.79. The van der Waals surface area contributed by atoms with Crippen LogP contribution in [0.1, 0.15) is 26.7 Å². The molecule has 1 aromatic carbocycles. The van der Waals surface area contributed by atoms with Crippen molar-refractivity contribution in [3.8, 4) is 0 Å². The Balaban J connectivity index is 1.99. The summed E-state index contributed by atoms with van der Waals surface area (Å²) in [7, 11) is 2.05. The maximum Gasteiger partial charge on any atom is 0.193 e. The number of hydrogen-bond acceptors (Lipinski definition) is 7. The predicted octanol–water partition coefficient (Wildman–Crippen LogP) is 3.49. The zero-order valence-electron chi connectivity index (χ0n) is 15.5. The summed E-state index contributed by atoms with van der Waals surface area (Å²) in [5.41, 5.74) is 14.7. The van der Waals surface area contributed by atoms with E-state index < -0.39 is 0 Å². The second-order valence-corrected chi connectivity index (χ2v) is 7.47. The van der Waals surface area contributed by atoms with Gasteiger partial charge >= 0.3 is 0 Å². The van der Waals surface area contributed by atoms with E-state index >= 15 is 0 Å². The normalized spacial score (nSPS) is 17.8. The average Bonchev–Trinajstić information content (AvgIpc) is 2.87. The molecule has 1 aromatic rings. The molecule has 4 N–H and O–H groups in total. The van der Waals surface area contributed by atoms with E-state index in [0.29, 0.717) is 13.1 Å². The fourth-order valence-electron chi connectivity index (χ4n) is 2.62. The number of azo groups is 1. The zero-order chi connectivity index (χ0) is 18.2. The number of allylic oxidation sites excluding steroid dienone is 2.